The standard InChI is InChI=1S/C23H20ClN5O2S/c24-16-11-9-15(10-12-16)21(30)28-23-27-19-20(29(23)18-8-4-5-13-31-18)25-14-26-22(19)32-17-6-2-1-3-7-17/h1-3,6-7,9-12,14,18H,4-5,8,13H2,(H,27,28,30). The number of halogens is 1. The molecule has 0 bridgehead atoms. The third-order valence-corrected chi connectivity index (χ3v) is 6.43. The molecule has 0 saturated carbocycles. The van der Waals surface area contributed by atoms with Gasteiger partial charge in [-0.15, -0.1) is 0 Å². The van der Waals surface area contributed by atoms with Crippen LogP contribution < -0.4 is 5.32 Å². The topological polar surface area (TPSA) is 81.9 Å². The average molecular weight is 466 g/mol. The number of hydrogen-bond donors (Lipinski definition) is 1. The molecule has 2 aromatic heterocycles. The van der Waals surface area contributed by atoms with Crippen molar-refractivity contribution in [3.05, 3.63) is 71.5 Å². The molecule has 1 aliphatic heterocycles. The summed E-state index contributed by atoms with van der Waals surface area (Å²) in [5.74, 6) is 0.113. The first-order chi connectivity index (χ1) is 15.7. The lowest BCUT2D eigenvalue weighted by Gasteiger charge is -2.25. The number of benzene rings is 2. The van der Waals surface area contributed by atoms with Crippen LogP contribution in [0.3, 0.4) is 0 Å². The van der Waals surface area contributed by atoms with Crippen LogP contribution in [0.2, 0.25) is 5.02 Å². The molecule has 162 valence electrons. The van der Waals surface area contributed by atoms with Gasteiger partial charge in [-0.2, -0.15) is 0 Å². The van der Waals surface area contributed by atoms with Crippen LogP contribution in [-0.4, -0.2) is 32.0 Å². The molecule has 1 unspecified atom stereocenters. The third kappa shape index (κ3) is 4.34. The zero-order valence-corrected chi connectivity index (χ0v) is 18.6. The van der Waals surface area contributed by atoms with Gasteiger partial charge in [-0.3, -0.25) is 14.7 Å². The van der Waals surface area contributed by atoms with E-state index in [1.165, 1.54) is 18.1 Å². The van der Waals surface area contributed by atoms with Crippen LogP contribution in [0.4, 0.5) is 5.95 Å². The fourth-order valence-electron chi connectivity index (χ4n) is 3.63. The predicted molar refractivity (Wildman–Crippen MR) is 124 cm³/mol. The van der Waals surface area contributed by atoms with Crippen molar-refractivity contribution in [1.29, 1.82) is 0 Å². The maximum atomic E-state index is 12.9. The highest BCUT2D eigenvalue weighted by Gasteiger charge is 2.26. The normalized spacial score (nSPS) is 16.2. The fraction of sp³-hybridized carbons (Fsp3) is 0.217. The summed E-state index contributed by atoms with van der Waals surface area (Å²) in [6.45, 7) is 0.658. The van der Waals surface area contributed by atoms with E-state index < -0.39 is 0 Å². The lowest BCUT2D eigenvalue weighted by molar-refractivity contribution is -0.0285. The highest BCUT2D eigenvalue weighted by Crippen LogP contribution is 2.35. The maximum Gasteiger partial charge on any atom is 0.257 e. The Balaban J connectivity index is 1.56. The molecule has 2 aromatic carbocycles. The highest BCUT2D eigenvalue weighted by atomic mass is 35.5. The molecule has 1 fully saturated rings. The van der Waals surface area contributed by atoms with Gasteiger partial charge in [0, 0.05) is 22.1 Å². The molecule has 9 heteroatoms. The van der Waals surface area contributed by atoms with Crippen LogP contribution in [0.25, 0.3) is 11.2 Å². The molecule has 0 aliphatic carbocycles. The molecule has 7 nitrogen and oxygen atoms in total. The van der Waals surface area contributed by atoms with Gasteiger partial charge in [0.05, 0.1) is 0 Å². The van der Waals surface area contributed by atoms with E-state index in [9.17, 15) is 4.79 Å². The van der Waals surface area contributed by atoms with Crippen LogP contribution in [0.1, 0.15) is 35.8 Å². The minimum Gasteiger partial charge on any atom is -0.358 e. The summed E-state index contributed by atoms with van der Waals surface area (Å²) >= 11 is 7.47. The van der Waals surface area contributed by atoms with Gasteiger partial charge in [0.2, 0.25) is 5.95 Å². The lowest BCUT2D eigenvalue weighted by atomic mass is 10.2. The summed E-state index contributed by atoms with van der Waals surface area (Å²) in [5.41, 5.74) is 1.75. The summed E-state index contributed by atoms with van der Waals surface area (Å²) in [6, 6.07) is 16.7. The van der Waals surface area contributed by atoms with Gasteiger partial charge in [0.15, 0.2) is 5.65 Å². The van der Waals surface area contributed by atoms with E-state index in [1.54, 1.807) is 24.3 Å². The molecule has 0 spiro atoms. The van der Waals surface area contributed by atoms with Crippen LogP contribution >= 0.6 is 23.4 Å². The molecule has 3 heterocycles. The molecule has 5 rings (SSSR count). The Morgan fingerprint density at radius 2 is 1.91 bits per heavy atom. The van der Waals surface area contributed by atoms with E-state index in [4.69, 9.17) is 21.3 Å². The summed E-state index contributed by atoms with van der Waals surface area (Å²) in [5, 5.41) is 4.23. The third-order valence-electron chi connectivity index (χ3n) is 5.18. The second-order valence-corrected chi connectivity index (χ2v) is 8.85. The molecule has 1 aliphatic rings. The first kappa shape index (κ1) is 20.9. The second-order valence-electron chi connectivity index (χ2n) is 7.35. The summed E-state index contributed by atoms with van der Waals surface area (Å²) in [4.78, 5) is 27.7. The number of fused-ring (bicyclic) bond motifs is 1. The van der Waals surface area contributed by atoms with Crippen molar-refractivity contribution >= 4 is 46.4 Å². The number of rotatable bonds is 5. The van der Waals surface area contributed by atoms with Gasteiger partial charge >= 0.3 is 0 Å². The zero-order chi connectivity index (χ0) is 21.9. The minimum atomic E-state index is -0.278. The zero-order valence-electron chi connectivity index (χ0n) is 17.1. The molecule has 1 N–H and O–H groups in total. The van der Waals surface area contributed by atoms with E-state index in [-0.39, 0.29) is 12.1 Å². The van der Waals surface area contributed by atoms with E-state index in [0.717, 1.165) is 29.2 Å². The van der Waals surface area contributed by atoms with Crippen LogP contribution in [0, 0.1) is 0 Å². The van der Waals surface area contributed by atoms with E-state index in [2.05, 4.69) is 15.3 Å². The first-order valence-corrected chi connectivity index (χ1v) is 11.5. The number of carbonyl (C=O) groups excluding carboxylic acids is 1. The number of nitrogens with zero attached hydrogens (tertiary/aromatic N) is 4. The summed E-state index contributed by atoms with van der Waals surface area (Å²) in [6.07, 6.45) is 4.14. The Hall–Kier alpha value is -2.94. The molecular weight excluding hydrogens is 446 g/mol. The Morgan fingerprint density at radius 3 is 2.66 bits per heavy atom. The number of amides is 1. The number of anilines is 1. The number of imidazole rings is 1. The predicted octanol–water partition coefficient (Wildman–Crippen LogP) is 5.58. The Kier molecular flexibility index (Phi) is 6.07. The highest BCUT2D eigenvalue weighted by molar-refractivity contribution is 7.99. The van der Waals surface area contributed by atoms with Crippen molar-refractivity contribution in [2.45, 2.75) is 35.4 Å². The van der Waals surface area contributed by atoms with Crippen molar-refractivity contribution in [3.8, 4) is 0 Å². The molecular formula is C23H20ClN5O2S. The molecule has 1 atom stereocenters. The SMILES string of the molecule is O=C(Nc1nc2c(Sc3ccccc3)ncnc2n1C1CCCCO1)c1ccc(Cl)cc1. The largest absolute Gasteiger partial charge is 0.358 e. The Morgan fingerprint density at radius 1 is 1.09 bits per heavy atom. The first-order valence-electron chi connectivity index (χ1n) is 10.3. The van der Waals surface area contributed by atoms with Crippen molar-refractivity contribution in [2.24, 2.45) is 0 Å². The number of nitrogens with one attached hydrogen (secondary N) is 1. The van der Waals surface area contributed by atoms with Crippen LogP contribution in [-0.2, 0) is 4.74 Å². The summed E-state index contributed by atoms with van der Waals surface area (Å²) < 4.78 is 7.89. The van der Waals surface area contributed by atoms with Gasteiger partial charge in [-0.1, -0.05) is 41.6 Å². The number of aromatic nitrogens is 4. The number of carbonyl (C=O) groups is 1. The monoisotopic (exact) mass is 465 g/mol. The van der Waals surface area contributed by atoms with Gasteiger partial charge in [-0.25, -0.2) is 15.0 Å². The smallest absolute Gasteiger partial charge is 0.257 e. The van der Waals surface area contributed by atoms with Gasteiger partial charge in [0.1, 0.15) is 23.1 Å². The average Bonchev–Trinajstić information content (AvgIpc) is 3.19. The quantitative estimate of drug-likeness (QED) is 0.387. The van der Waals surface area contributed by atoms with E-state index in [0.29, 0.717) is 34.3 Å². The lowest BCUT2D eigenvalue weighted by Crippen LogP contribution is -2.22. The van der Waals surface area contributed by atoms with Crippen molar-refractivity contribution < 1.29 is 9.53 Å². The van der Waals surface area contributed by atoms with E-state index >= 15 is 0 Å². The van der Waals surface area contributed by atoms with E-state index in [1.807, 2.05) is 34.9 Å². The van der Waals surface area contributed by atoms with Crippen molar-refractivity contribution in [2.75, 3.05) is 11.9 Å². The molecule has 1 amide bonds. The fourth-order valence-corrected chi connectivity index (χ4v) is 4.60. The maximum absolute atomic E-state index is 12.9. The van der Waals surface area contributed by atoms with Gasteiger partial charge < -0.3 is 4.74 Å². The number of ether oxygens (including phenoxy) is 1. The van der Waals surface area contributed by atoms with Crippen LogP contribution in [0.15, 0.2) is 70.8 Å². The molecule has 32 heavy (non-hydrogen) atoms. The second kappa shape index (κ2) is 9.28. The summed E-state index contributed by atoms with van der Waals surface area (Å²) in [7, 11) is 0. The minimum absolute atomic E-state index is 0.251. The number of hydrogen-bond acceptors (Lipinski definition) is 6. The Labute approximate surface area is 194 Å². The van der Waals surface area contributed by atoms with Gasteiger partial charge in [-0.05, 0) is 55.7 Å². The van der Waals surface area contributed by atoms with Crippen molar-refractivity contribution in [3.63, 3.8) is 0 Å². The van der Waals surface area contributed by atoms with Crippen LogP contribution in [0.5, 0.6) is 0 Å². The van der Waals surface area contributed by atoms with Gasteiger partial charge in [0.25, 0.3) is 5.91 Å². The molecule has 4 aromatic rings. The molecule has 1 saturated heterocycles. The molecule has 0 radical (unpaired) electrons. The Bertz CT molecular complexity index is 1240. The van der Waals surface area contributed by atoms with Crippen molar-refractivity contribution in [1.82, 2.24) is 19.5 Å².